The Balaban J connectivity index is 1.46. The molecular weight excluding hydrogens is 419 g/mol. The van der Waals surface area contributed by atoms with Gasteiger partial charge in [-0.1, -0.05) is 23.2 Å². The van der Waals surface area contributed by atoms with E-state index in [-0.39, 0.29) is 41.5 Å². The quantitative estimate of drug-likeness (QED) is 0.665. The summed E-state index contributed by atoms with van der Waals surface area (Å²) in [6, 6.07) is 8.48. The molecule has 2 amide bonds. The topological polar surface area (TPSA) is 99.1 Å². The van der Waals surface area contributed by atoms with E-state index in [0.717, 1.165) is 6.07 Å². The van der Waals surface area contributed by atoms with Crippen molar-refractivity contribution in [3.63, 3.8) is 0 Å². The number of rotatable bonds is 5. The van der Waals surface area contributed by atoms with Gasteiger partial charge in [-0.2, -0.15) is 0 Å². The smallest absolute Gasteiger partial charge is 0.258 e. The number of carbonyl (C=O) groups is 2. The number of likely N-dealkylation sites (tertiary alicyclic amines) is 1. The minimum atomic E-state index is -0.279. The summed E-state index contributed by atoms with van der Waals surface area (Å²) in [7, 11) is 0. The number of halogens is 2. The predicted molar refractivity (Wildman–Crippen MR) is 109 cm³/mol. The van der Waals surface area contributed by atoms with Crippen molar-refractivity contribution in [1.29, 1.82) is 0 Å². The lowest BCUT2D eigenvalue weighted by Gasteiger charge is -2.32. The second-order valence-corrected chi connectivity index (χ2v) is 7.58. The summed E-state index contributed by atoms with van der Waals surface area (Å²) >= 11 is 11.8. The molecule has 3 rings (SSSR count). The fraction of sp³-hybridized carbons (Fsp3) is 0.300. The first-order valence-electron chi connectivity index (χ1n) is 9.01. The van der Waals surface area contributed by atoms with Crippen LogP contribution in [0.4, 0.5) is 0 Å². The summed E-state index contributed by atoms with van der Waals surface area (Å²) in [5, 5.41) is 22.8. The van der Waals surface area contributed by atoms with Crippen LogP contribution in [0, 0.1) is 0 Å². The van der Waals surface area contributed by atoms with E-state index >= 15 is 0 Å². The van der Waals surface area contributed by atoms with Crippen LogP contribution in [0.5, 0.6) is 17.2 Å². The minimum absolute atomic E-state index is 0.0755. The van der Waals surface area contributed by atoms with Crippen molar-refractivity contribution in [2.24, 2.45) is 0 Å². The van der Waals surface area contributed by atoms with Gasteiger partial charge in [0.25, 0.3) is 11.8 Å². The van der Waals surface area contributed by atoms with Gasteiger partial charge in [0.05, 0.1) is 5.02 Å². The number of nitrogens with one attached hydrogen (secondary N) is 1. The second-order valence-electron chi connectivity index (χ2n) is 6.74. The third kappa shape index (κ3) is 5.68. The van der Waals surface area contributed by atoms with Gasteiger partial charge < -0.3 is 25.2 Å². The molecule has 2 aromatic carbocycles. The summed E-state index contributed by atoms with van der Waals surface area (Å²) in [5.41, 5.74) is 0.221. The van der Waals surface area contributed by atoms with Gasteiger partial charge in [0, 0.05) is 35.8 Å². The van der Waals surface area contributed by atoms with Crippen LogP contribution in [0.25, 0.3) is 0 Å². The SMILES string of the molecule is O=C(COc1ccc(Cl)cc1Cl)NC1CCN(C(=O)c2cc(O)cc(O)c2)CC1. The molecule has 2 aromatic rings. The molecule has 154 valence electrons. The van der Waals surface area contributed by atoms with Gasteiger partial charge in [0.1, 0.15) is 17.2 Å². The summed E-state index contributed by atoms with van der Waals surface area (Å²) < 4.78 is 5.42. The van der Waals surface area contributed by atoms with Crippen molar-refractivity contribution in [2.45, 2.75) is 18.9 Å². The predicted octanol–water partition coefficient (Wildman–Crippen LogP) is 3.20. The number of hydrogen-bond donors (Lipinski definition) is 3. The van der Waals surface area contributed by atoms with Crippen molar-refractivity contribution < 1.29 is 24.5 Å². The zero-order valence-corrected chi connectivity index (χ0v) is 16.9. The first-order chi connectivity index (χ1) is 13.8. The molecule has 0 aromatic heterocycles. The Hall–Kier alpha value is -2.64. The van der Waals surface area contributed by atoms with Crippen LogP contribution in [0.15, 0.2) is 36.4 Å². The maximum Gasteiger partial charge on any atom is 0.258 e. The Bertz CT molecular complexity index is 893. The second kappa shape index (κ2) is 9.24. The van der Waals surface area contributed by atoms with Gasteiger partial charge in [0.15, 0.2) is 6.61 Å². The van der Waals surface area contributed by atoms with Crippen LogP contribution in [0.2, 0.25) is 10.0 Å². The standard InChI is InChI=1S/C20H20Cl2N2O5/c21-13-1-2-18(17(22)9-13)29-11-19(27)23-14-3-5-24(6-4-14)20(28)12-7-15(25)10-16(26)8-12/h1-2,7-10,14,25-26H,3-6,11H2,(H,23,27). The van der Waals surface area contributed by atoms with E-state index in [0.29, 0.717) is 41.7 Å². The van der Waals surface area contributed by atoms with E-state index < -0.39 is 0 Å². The molecule has 0 aliphatic carbocycles. The van der Waals surface area contributed by atoms with Crippen molar-refractivity contribution in [1.82, 2.24) is 10.2 Å². The van der Waals surface area contributed by atoms with E-state index in [9.17, 15) is 19.8 Å². The first-order valence-corrected chi connectivity index (χ1v) is 9.77. The molecule has 29 heavy (non-hydrogen) atoms. The molecule has 1 fully saturated rings. The van der Waals surface area contributed by atoms with Crippen LogP contribution in [0.3, 0.4) is 0 Å². The number of piperidine rings is 1. The number of nitrogens with zero attached hydrogens (tertiary/aromatic N) is 1. The van der Waals surface area contributed by atoms with Crippen LogP contribution >= 0.6 is 23.2 Å². The van der Waals surface area contributed by atoms with Gasteiger partial charge >= 0.3 is 0 Å². The van der Waals surface area contributed by atoms with Crippen LogP contribution in [0.1, 0.15) is 23.2 Å². The van der Waals surface area contributed by atoms with E-state index in [1.165, 1.54) is 18.2 Å². The lowest BCUT2D eigenvalue weighted by Crippen LogP contribution is -2.47. The number of aromatic hydroxyl groups is 2. The minimum Gasteiger partial charge on any atom is -0.508 e. The monoisotopic (exact) mass is 438 g/mol. The molecule has 0 bridgehead atoms. The molecule has 0 radical (unpaired) electrons. The zero-order valence-electron chi connectivity index (χ0n) is 15.4. The van der Waals surface area contributed by atoms with E-state index in [2.05, 4.69) is 5.32 Å². The van der Waals surface area contributed by atoms with Crippen LogP contribution in [-0.4, -0.2) is 52.7 Å². The Morgan fingerprint density at radius 1 is 1.07 bits per heavy atom. The maximum atomic E-state index is 12.5. The molecule has 0 saturated carbocycles. The molecule has 1 heterocycles. The molecule has 3 N–H and O–H groups in total. The van der Waals surface area contributed by atoms with E-state index in [4.69, 9.17) is 27.9 Å². The largest absolute Gasteiger partial charge is 0.508 e. The lowest BCUT2D eigenvalue weighted by molar-refractivity contribution is -0.124. The molecule has 1 aliphatic rings. The first kappa shape index (κ1) is 21.1. The normalized spacial score (nSPS) is 14.5. The fourth-order valence-electron chi connectivity index (χ4n) is 3.13. The summed E-state index contributed by atoms with van der Waals surface area (Å²) in [4.78, 5) is 26.3. The number of phenolic OH excluding ortho intramolecular Hbond substituents is 2. The van der Waals surface area contributed by atoms with Crippen LogP contribution < -0.4 is 10.1 Å². The van der Waals surface area contributed by atoms with Gasteiger partial charge in [-0.3, -0.25) is 9.59 Å². The highest BCUT2D eigenvalue weighted by Crippen LogP contribution is 2.27. The number of carbonyl (C=O) groups excluding carboxylic acids is 2. The molecule has 0 unspecified atom stereocenters. The molecule has 7 nitrogen and oxygen atoms in total. The fourth-order valence-corrected chi connectivity index (χ4v) is 3.60. The molecule has 0 atom stereocenters. The van der Waals surface area contributed by atoms with Gasteiger partial charge in [-0.25, -0.2) is 0 Å². The molecule has 0 spiro atoms. The third-order valence-corrected chi connectivity index (χ3v) is 5.08. The molecular formula is C20H20Cl2N2O5. The number of amides is 2. The van der Waals surface area contributed by atoms with Gasteiger partial charge in [0.2, 0.25) is 0 Å². The zero-order chi connectivity index (χ0) is 21.0. The number of phenols is 2. The third-order valence-electron chi connectivity index (χ3n) is 4.55. The van der Waals surface area contributed by atoms with Crippen molar-refractivity contribution >= 4 is 35.0 Å². The highest BCUT2D eigenvalue weighted by Gasteiger charge is 2.25. The van der Waals surface area contributed by atoms with E-state index in [1.807, 2.05) is 0 Å². The van der Waals surface area contributed by atoms with Crippen molar-refractivity contribution in [2.75, 3.05) is 19.7 Å². The Morgan fingerprint density at radius 3 is 2.34 bits per heavy atom. The van der Waals surface area contributed by atoms with Gasteiger partial charge in [-0.15, -0.1) is 0 Å². The summed E-state index contributed by atoms with van der Waals surface area (Å²) in [5.74, 6) is -0.519. The summed E-state index contributed by atoms with van der Waals surface area (Å²) in [6.45, 7) is 0.719. The maximum absolute atomic E-state index is 12.5. The van der Waals surface area contributed by atoms with Crippen molar-refractivity contribution in [3.05, 3.63) is 52.0 Å². The average molecular weight is 439 g/mol. The van der Waals surface area contributed by atoms with E-state index in [1.54, 1.807) is 17.0 Å². The Morgan fingerprint density at radius 2 is 1.72 bits per heavy atom. The van der Waals surface area contributed by atoms with Crippen molar-refractivity contribution in [3.8, 4) is 17.2 Å². The molecule has 9 heteroatoms. The molecule has 1 saturated heterocycles. The average Bonchev–Trinajstić information content (AvgIpc) is 2.66. The lowest BCUT2D eigenvalue weighted by atomic mass is 10.0. The highest BCUT2D eigenvalue weighted by atomic mass is 35.5. The van der Waals surface area contributed by atoms with Gasteiger partial charge in [-0.05, 0) is 43.2 Å². The number of hydrogen-bond acceptors (Lipinski definition) is 5. The van der Waals surface area contributed by atoms with Crippen LogP contribution in [-0.2, 0) is 4.79 Å². The molecule has 1 aliphatic heterocycles. The highest BCUT2D eigenvalue weighted by molar-refractivity contribution is 6.35. The Kier molecular flexibility index (Phi) is 6.71. The summed E-state index contributed by atoms with van der Waals surface area (Å²) in [6.07, 6.45) is 1.17. The Labute approximate surface area is 177 Å². The number of ether oxygens (including phenoxy) is 1. The number of benzene rings is 2.